The van der Waals surface area contributed by atoms with E-state index in [-0.39, 0.29) is 12.5 Å². The average molecular weight is 353 g/mol. The highest BCUT2D eigenvalue weighted by Crippen LogP contribution is 2.23. The third-order valence-corrected chi connectivity index (χ3v) is 4.58. The summed E-state index contributed by atoms with van der Waals surface area (Å²) < 4.78 is 10.4. The molecule has 0 heterocycles. The van der Waals surface area contributed by atoms with Crippen LogP contribution in [0.2, 0.25) is 0 Å². The second kappa shape index (κ2) is 8.52. The number of rotatable bonds is 7. The van der Waals surface area contributed by atoms with Crippen LogP contribution >= 0.6 is 0 Å². The van der Waals surface area contributed by atoms with E-state index >= 15 is 0 Å². The molecule has 2 aromatic carbocycles. The van der Waals surface area contributed by atoms with Gasteiger partial charge in [-0.3, -0.25) is 4.79 Å². The van der Waals surface area contributed by atoms with E-state index in [2.05, 4.69) is 5.32 Å². The normalized spacial score (nSPS) is 12.3. The molecule has 0 radical (unpaired) electrons. The number of aryl methyl sites for hydroxylation is 2. The molecule has 1 amide bonds. The van der Waals surface area contributed by atoms with Gasteiger partial charge in [0.15, 0.2) is 6.61 Å². The number of methoxy groups -OCH3 is 1. The maximum atomic E-state index is 12.1. The second-order valence-corrected chi connectivity index (χ2v) is 6.32. The molecule has 3 rings (SSSR count). The minimum absolute atomic E-state index is 0.276. The van der Waals surface area contributed by atoms with E-state index in [9.17, 15) is 9.59 Å². The van der Waals surface area contributed by atoms with E-state index in [0.717, 1.165) is 30.6 Å². The smallest absolute Gasteiger partial charge is 0.338 e. The summed E-state index contributed by atoms with van der Waals surface area (Å²) >= 11 is 0. The van der Waals surface area contributed by atoms with Gasteiger partial charge in [-0.2, -0.15) is 0 Å². The molecule has 0 saturated heterocycles. The molecule has 1 aliphatic carbocycles. The summed E-state index contributed by atoms with van der Waals surface area (Å²) in [5.74, 6) is 0.0266. The van der Waals surface area contributed by atoms with Crippen LogP contribution < -0.4 is 10.1 Å². The molecule has 0 fully saturated rings. The molecule has 0 bridgehead atoms. The lowest BCUT2D eigenvalue weighted by Gasteiger charge is -2.10. The molecule has 5 heteroatoms. The van der Waals surface area contributed by atoms with Gasteiger partial charge >= 0.3 is 5.97 Å². The second-order valence-electron chi connectivity index (χ2n) is 6.32. The summed E-state index contributed by atoms with van der Waals surface area (Å²) in [5, 5.41) is 2.76. The topological polar surface area (TPSA) is 64.6 Å². The van der Waals surface area contributed by atoms with Gasteiger partial charge in [0, 0.05) is 6.54 Å². The summed E-state index contributed by atoms with van der Waals surface area (Å²) in [4.78, 5) is 24.0. The molecule has 0 aliphatic heterocycles. The maximum absolute atomic E-state index is 12.1. The van der Waals surface area contributed by atoms with Gasteiger partial charge in [-0.15, -0.1) is 0 Å². The molecular formula is C21H23NO4. The van der Waals surface area contributed by atoms with Crippen LogP contribution in [0.1, 0.15) is 33.5 Å². The van der Waals surface area contributed by atoms with Crippen molar-refractivity contribution in [3.63, 3.8) is 0 Å². The first-order valence-electron chi connectivity index (χ1n) is 8.85. The van der Waals surface area contributed by atoms with Crippen molar-refractivity contribution in [2.45, 2.75) is 25.7 Å². The van der Waals surface area contributed by atoms with E-state index in [4.69, 9.17) is 9.47 Å². The zero-order valence-electron chi connectivity index (χ0n) is 14.9. The molecule has 0 unspecified atom stereocenters. The number of amides is 1. The Bertz CT molecular complexity index is 800. The van der Waals surface area contributed by atoms with Crippen molar-refractivity contribution in [2.24, 2.45) is 0 Å². The van der Waals surface area contributed by atoms with E-state index < -0.39 is 5.97 Å². The van der Waals surface area contributed by atoms with Gasteiger partial charge in [0.05, 0.1) is 12.7 Å². The van der Waals surface area contributed by atoms with Crippen LogP contribution in [0, 0.1) is 0 Å². The fourth-order valence-corrected chi connectivity index (χ4v) is 3.21. The molecule has 0 spiro atoms. The molecule has 1 aliphatic rings. The minimum Gasteiger partial charge on any atom is -0.496 e. The van der Waals surface area contributed by atoms with Crippen LogP contribution in [0.4, 0.5) is 0 Å². The first kappa shape index (κ1) is 18.0. The van der Waals surface area contributed by atoms with Gasteiger partial charge in [-0.05, 0) is 60.6 Å². The van der Waals surface area contributed by atoms with Gasteiger partial charge in [-0.25, -0.2) is 4.79 Å². The molecule has 0 saturated carbocycles. The number of carbonyl (C=O) groups is 2. The van der Waals surface area contributed by atoms with E-state index in [1.807, 2.05) is 36.4 Å². The number of benzene rings is 2. The largest absolute Gasteiger partial charge is 0.496 e. The lowest BCUT2D eigenvalue weighted by molar-refractivity contribution is -0.124. The van der Waals surface area contributed by atoms with Crippen LogP contribution in [0.15, 0.2) is 42.5 Å². The summed E-state index contributed by atoms with van der Waals surface area (Å²) in [7, 11) is 1.62. The first-order valence-corrected chi connectivity index (χ1v) is 8.85. The van der Waals surface area contributed by atoms with Gasteiger partial charge in [0.2, 0.25) is 0 Å². The quantitative estimate of drug-likeness (QED) is 0.778. The molecule has 26 heavy (non-hydrogen) atoms. The van der Waals surface area contributed by atoms with Crippen LogP contribution in [0.25, 0.3) is 0 Å². The Kier molecular flexibility index (Phi) is 5.89. The maximum Gasteiger partial charge on any atom is 0.338 e. The molecule has 0 atom stereocenters. The lowest BCUT2D eigenvalue weighted by Crippen LogP contribution is -2.30. The van der Waals surface area contributed by atoms with E-state index in [1.165, 1.54) is 11.1 Å². The predicted octanol–water partition coefficient (Wildman–Crippen LogP) is 2.70. The number of nitrogens with one attached hydrogen (secondary N) is 1. The van der Waals surface area contributed by atoms with Crippen molar-refractivity contribution >= 4 is 11.9 Å². The van der Waals surface area contributed by atoms with Crippen molar-refractivity contribution in [1.29, 1.82) is 0 Å². The Morgan fingerprint density at radius 1 is 1.08 bits per heavy atom. The number of esters is 1. The minimum atomic E-state index is -0.459. The van der Waals surface area contributed by atoms with Crippen molar-refractivity contribution in [2.75, 3.05) is 20.3 Å². The Balaban J connectivity index is 1.43. The van der Waals surface area contributed by atoms with Crippen molar-refractivity contribution < 1.29 is 19.1 Å². The average Bonchev–Trinajstić information content (AvgIpc) is 3.14. The molecule has 5 nitrogen and oxygen atoms in total. The highest BCUT2D eigenvalue weighted by Gasteiger charge is 2.15. The SMILES string of the molecule is COc1ccccc1CCNC(=O)COC(=O)c1ccc2c(c1)CCC2. The third kappa shape index (κ3) is 4.42. The third-order valence-electron chi connectivity index (χ3n) is 4.58. The fraction of sp³-hybridized carbons (Fsp3) is 0.333. The number of hydrogen-bond acceptors (Lipinski definition) is 4. The number of carbonyl (C=O) groups excluding carboxylic acids is 2. The van der Waals surface area contributed by atoms with Crippen molar-refractivity contribution in [1.82, 2.24) is 5.32 Å². The highest BCUT2D eigenvalue weighted by molar-refractivity contribution is 5.91. The number of para-hydroxylation sites is 1. The first-order chi connectivity index (χ1) is 12.7. The number of ether oxygens (including phenoxy) is 2. The standard InChI is InChI=1S/C21H23NO4/c1-25-19-8-3-2-5-16(19)11-12-22-20(23)14-26-21(24)18-10-9-15-6-4-7-17(15)13-18/h2-3,5,8-10,13H,4,6-7,11-12,14H2,1H3,(H,22,23). The zero-order chi connectivity index (χ0) is 18.4. The van der Waals surface area contributed by atoms with Crippen molar-refractivity contribution in [3.8, 4) is 5.75 Å². The van der Waals surface area contributed by atoms with E-state index in [0.29, 0.717) is 18.5 Å². The Hall–Kier alpha value is -2.82. The number of fused-ring (bicyclic) bond motifs is 1. The summed E-state index contributed by atoms with van der Waals surface area (Å²) in [6, 6.07) is 13.3. The Morgan fingerprint density at radius 3 is 2.73 bits per heavy atom. The highest BCUT2D eigenvalue weighted by atomic mass is 16.5. The molecule has 2 aromatic rings. The van der Waals surface area contributed by atoms with Gasteiger partial charge in [0.25, 0.3) is 5.91 Å². The van der Waals surface area contributed by atoms with Gasteiger partial charge in [-0.1, -0.05) is 24.3 Å². The van der Waals surface area contributed by atoms with E-state index in [1.54, 1.807) is 13.2 Å². The fourth-order valence-electron chi connectivity index (χ4n) is 3.21. The molecule has 136 valence electrons. The lowest BCUT2D eigenvalue weighted by atomic mass is 10.1. The predicted molar refractivity (Wildman–Crippen MR) is 98.5 cm³/mol. The molecule has 0 aromatic heterocycles. The van der Waals surface area contributed by atoms with Gasteiger partial charge < -0.3 is 14.8 Å². The Labute approximate surface area is 153 Å². The summed E-state index contributed by atoms with van der Waals surface area (Å²) in [6.07, 6.45) is 3.84. The van der Waals surface area contributed by atoms with Crippen LogP contribution in [0.5, 0.6) is 5.75 Å². The Morgan fingerprint density at radius 2 is 1.88 bits per heavy atom. The zero-order valence-corrected chi connectivity index (χ0v) is 14.9. The van der Waals surface area contributed by atoms with Crippen LogP contribution in [0.3, 0.4) is 0 Å². The van der Waals surface area contributed by atoms with Gasteiger partial charge in [0.1, 0.15) is 5.75 Å². The molecular weight excluding hydrogens is 330 g/mol. The monoisotopic (exact) mass is 353 g/mol. The van der Waals surface area contributed by atoms with Crippen LogP contribution in [-0.4, -0.2) is 32.1 Å². The summed E-state index contributed by atoms with van der Waals surface area (Å²) in [6.45, 7) is 0.178. The summed E-state index contributed by atoms with van der Waals surface area (Å²) in [5.41, 5.74) is 4.04. The number of hydrogen-bond donors (Lipinski definition) is 1. The molecule has 1 N–H and O–H groups in total. The van der Waals surface area contributed by atoms with Crippen LogP contribution in [-0.2, 0) is 28.8 Å². The van der Waals surface area contributed by atoms with Crippen molar-refractivity contribution in [3.05, 3.63) is 64.7 Å².